The van der Waals surface area contributed by atoms with Gasteiger partial charge in [-0.05, 0) is 25.0 Å². The van der Waals surface area contributed by atoms with Crippen LogP contribution in [0.3, 0.4) is 0 Å². The number of ketones is 1. The number of amides is 2. The maximum atomic E-state index is 13.2. The predicted octanol–water partition coefficient (Wildman–Crippen LogP) is -0.139. The lowest BCUT2D eigenvalue weighted by molar-refractivity contribution is -0.742. The highest BCUT2D eigenvalue weighted by atomic mass is 32.1. The first-order chi connectivity index (χ1) is 16.5. The Morgan fingerprint density at radius 2 is 2.06 bits per heavy atom. The predicted molar refractivity (Wildman–Crippen MR) is 126 cm³/mol. The van der Waals surface area contributed by atoms with Crippen molar-refractivity contribution in [3.05, 3.63) is 39.4 Å². The van der Waals surface area contributed by atoms with E-state index in [4.69, 9.17) is 26.5 Å². The molecule has 3 rings (SSSR count). The first kappa shape index (κ1) is 27.4. The molecule has 15 heteroatoms. The fourth-order valence-corrected chi connectivity index (χ4v) is 4.56. The van der Waals surface area contributed by atoms with Crippen molar-refractivity contribution in [2.45, 2.75) is 44.4 Å². The van der Waals surface area contributed by atoms with Gasteiger partial charge in [-0.1, -0.05) is 12.1 Å². The summed E-state index contributed by atoms with van der Waals surface area (Å²) in [5, 5.41) is 36.5. The summed E-state index contributed by atoms with van der Waals surface area (Å²) < 4.78 is 0.871. The van der Waals surface area contributed by atoms with E-state index in [0.29, 0.717) is 29.9 Å². The molecule has 0 bridgehead atoms. The first-order valence-electron chi connectivity index (χ1n) is 10.6. The number of nitrogens with one attached hydrogen (secondary N) is 3. The maximum Gasteiger partial charge on any atom is 0.291 e. The molecule has 7 N–H and O–H groups in total. The van der Waals surface area contributed by atoms with Crippen molar-refractivity contribution in [1.29, 1.82) is 5.41 Å². The van der Waals surface area contributed by atoms with Gasteiger partial charge in [0.15, 0.2) is 11.0 Å². The lowest BCUT2D eigenvalue weighted by Gasteiger charge is -2.24. The number of Topliss-reactive ketones (excluding diaryl/α,β-unsaturated/α-hetero) is 1. The van der Waals surface area contributed by atoms with Gasteiger partial charge in [0.2, 0.25) is 17.6 Å². The Labute approximate surface area is 203 Å². The van der Waals surface area contributed by atoms with Gasteiger partial charge in [0, 0.05) is 26.4 Å². The second-order valence-electron chi connectivity index (χ2n) is 7.71. The average molecular weight is 510 g/mol. The number of nitrogens with zero attached hydrogens (tertiary/aromatic N) is 3. The van der Waals surface area contributed by atoms with Crippen LogP contribution in [0.5, 0.6) is 0 Å². The number of aromatic nitrogens is 1. The Bertz CT molecular complexity index is 1060. The molecule has 1 aliphatic heterocycles. The maximum absolute atomic E-state index is 13.2. The Morgan fingerprint density at radius 3 is 2.66 bits per heavy atom. The average Bonchev–Trinajstić information content (AvgIpc) is 3.38. The van der Waals surface area contributed by atoms with Crippen molar-refractivity contribution in [2.24, 2.45) is 5.73 Å². The van der Waals surface area contributed by atoms with Gasteiger partial charge in [-0.15, -0.1) is 21.5 Å². The summed E-state index contributed by atoms with van der Waals surface area (Å²) in [4.78, 5) is 52.0. The fraction of sp³-hybridized carbons (Fsp3) is 0.450. The number of β-amino-alcohol motifs (C(OH)–C–C–N with tert-alkyl or cyclic N) is 1. The third-order valence-electron chi connectivity index (χ3n) is 5.11. The van der Waals surface area contributed by atoms with Crippen LogP contribution in [-0.2, 0) is 9.59 Å². The van der Waals surface area contributed by atoms with Crippen LogP contribution in [0.25, 0.3) is 10.2 Å². The minimum absolute atomic E-state index is 0.0897. The second kappa shape index (κ2) is 12.6. The number of aliphatic hydroxyl groups excluding tert-OH is 1. The van der Waals surface area contributed by atoms with Crippen molar-refractivity contribution in [1.82, 2.24) is 20.5 Å². The molecule has 35 heavy (non-hydrogen) atoms. The number of benzene rings is 1. The SMILES string of the molecule is CC(=O)N1C[C@H](O)C[C@H]1C(=O)N[C@H](CCCNC(=N)N)C(=O)c1nc2ccccc2s1.O=[N+]([O-])O. The number of para-hydroxylation sites is 1. The fourth-order valence-electron chi connectivity index (χ4n) is 3.60. The highest BCUT2D eigenvalue weighted by molar-refractivity contribution is 7.20. The Kier molecular flexibility index (Phi) is 9.84. The van der Waals surface area contributed by atoms with Crippen molar-refractivity contribution >= 4 is 45.1 Å². The summed E-state index contributed by atoms with van der Waals surface area (Å²) >= 11 is 1.26. The van der Waals surface area contributed by atoms with Crippen LogP contribution < -0.4 is 16.4 Å². The van der Waals surface area contributed by atoms with Crippen LogP contribution in [0.4, 0.5) is 0 Å². The number of hydrogen-bond acceptors (Lipinski definition) is 9. The minimum atomic E-state index is -1.50. The van der Waals surface area contributed by atoms with E-state index in [-0.39, 0.29) is 30.6 Å². The first-order valence-corrected chi connectivity index (χ1v) is 11.4. The van der Waals surface area contributed by atoms with E-state index in [0.717, 1.165) is 4.70 Å². The van der Waals surface area contributed by atoms with E-state index < -0.39 is 29.2 Å². The van der Waals surface area contributed by atoms with E-state index in [1.165, 1.54) is 23.2 Å². The quantitative estimate of drug-likeness (QED) is 0.0689. The third-order valence-corrected chi connectivity index (χ3v) is 6.16. The molecule has 1 saturated heterocycles. The van der Waals surface area contributed by atoms with Gasteiger partial charge in [0.05, 0.1) is 22.4 Å². The number of rotatable bonds is 8. The Hall–Kier alpha value is -3.85. The summed E-state index contributed by atoms with van der Waals surface area (Å²) in [5.41, 5.74) is 6.00. The zero-order valence-corrected chi connectivity index (χ0v) is 19.7. The molecule has 0 saturated carbocycles. The van der Waals surface area contributed by atoms with Crippen LogP contribution in [0.15, 0.2) is 24.3 Å². The summed E-state index contributed by atoms with van der Waals surface area (Å²) in [6, 6.07) is 5.71. The Morgan fingerprint density at radius 1 is 1.40 bits per heavy atom. The van der Waals surface area contributed by atoms with Crippen molar-refractivity contribution in [3.8, 4) is 0 Å². The molecule has 1 aromatic heterocycles. The molecule has 1 aliphatic rings. The topological polar surface area (TPSA) is 225 Å². The molecule has 0 spiro atoms. The lowest BCUT2D eigenvalue weighted by Crippen LogP contribution is -2.50. The van der Waals surface area contributed by atoms with Gasteiger partial charge in [0.1, 0.15) is 6.04 Å². The number of carbonyl (C=O) groups excluding carboxylic acids is 3. The van der Waals surface area contributed by atoms with Gasteiger partial charge in [-0.2, -0.15) is 0 Å². The number of nitrogens with two attached hydrogens (primary N) is 1. The normalized spacial score (nSPS) is 17.7. The third kappa shape index (κ3) is 8.15. The monoisotopic (exact) mass is 509 g/mol. The van der Waals surface area contributed by atoms with Crippen LogP contribution in [0.1, 0.15) is 36.0 Å². The second-order valence-corrected chi connectivity index (χ2v) is 8.74. The number of thiazole rings is 1. The van der Waals surface area contributed by atoms with E-state index >= 15 is 0 Å². The molecule has 14 nitrogen and oxygen atoms in total. The number of hydrogen-bond donors (Lipinski definition) is 6. The summed E-state index contributed by atoms with van der Waals surface area (Å²) in [7, 11) is 0. The summed E-state index contributed by atoms with van der Waals surface area (Å²) in [6.07, 6.45) is 0.123. The Balaban J connectivity index is 0.00000100. The molecule has 1 aromatic carbocycles. The number of likely N-dealkylation sites (tertiary alicyclic amines) is 1. The van der Waals surface area contributed by atoms with Gasteiger partial charge in [-0.25, -0.2) is 4.98 Å². The van der Waals surface area contributed by atoms with Crippen LogP contribution >= 0.6 is 11.3 Å². The zero-order chi connectivity index (χ0) is 26.1. The smallest absolute Gasteiger partial charge is 0.291 e. The van der Waals surface area contributed by atoms with E-state index in [1.807, 2.05) is 24.3 Å². The van der Waals surface area contributed by atoms with Crippen molar-refractivity contribution in [2.75, 3.05) is 13.1 Å². The van der Waals surface area contributed by atoms with Gasteiger partial charge < -0.3 is 31.6 Å². The molecule has 190 valence electrons. The number of fused-ring (bicyclic) bond motifs is 1. The molecule has 1 fully saturated rings. The number of aliphatic hydroxyl groups is 1. The van der Waals surface area contributed by atoms with Gasteiger partial charge in [-0.3, -0.25) is 19.8 Å². The molecule has 3 atom stereocenters. The summed E-state index contributed by atoms with van der Waals surface area (Å²) in [5.74, 6) is -1.28. The van der Waals surface area contributed by atoms with Gasteiger partial charge in [0.25, 0.3) is 5.09 Å². The molecular weight excluding hydrogens is 482 g/mol. The minimum Gasteiger partial charge on any atom is -0.391 e. The van der Waals surface area contributed by atoms with Gasteiger partial charge >= 0.3 is 0 Å². The molecular formula is C20H27N7O7S. The van der Waals surface area contributed by atoms with Crippen LogP contribution in [-0.4, -0.2) is 80.1 Å². The number of carbonyl (C=O) groups is 3. The standard InChI is InChI=1S/C20H26N6O4S.HNO3/c1-11(27)26-10-12(28)9-15(26)18(30)24-14(6-4-8-23-20(21)22)17(29)19-25-13-5-2-3-7-16(13)31-19;2-1(3)4/h2-3,5,7,12,14-15,28H,4,6,8-10H2,1H3,(H,24,30)(H4,21,22,23);(H,2,3,4)/t12-,14-,15+;/m1./s1. The summed E-state index contributed by atoms with van der Waals surface area (Å²) in [6.45, 7) is 1.80. The molecule has 2 aromatic rings. The molecule has 2 amide bonds. The highest BCUT2D eigenvalue weighted by Gasteiger charge is 2.39. The molecule has 0 aliphatic carbocycles. The number of guanidine groups is 1. The van der Waals surface area contributed by atoms with Crippen molar-refractivity contribution in [3.63, 3.8) is 0 Å². The molecule has 2 heterocycles. The molecule has 0 radical (unpaired) electrons. The molecule has 0 unspecified atom stereocenters. The van der Waals surface area contributed by atoms with Crippen molar-refractivity contribution < 1.29 is 29.8 Å². The van der Waals surface area contributed by atoms with E-state index in [9.17, 15) is 19.5 Å². The zero-order valence-electron chi connectivity index (χ0n) is 18.8. The van der Waals surface area contributed by atoms with E-state index in [1.54, 1.807) is 0 Å². The largest absolute Gasteiger partial charge is 0.391 e. The van der Waals surface area contributed by atoms with Crippen LogP contribution in [0, 0.1) is 15.5 Å². The van der Waals surface area contributed by atoms with E-state index in [2.05, 4.69) is 15.6 Å². The lowest BCUT2D eigenvalue weighted by atomic mass is 10.1. The highest BCUT2D eigenvalue weighted by Crippen LogP contribution is 2.24. The van der Waals surface area contributed by atoms with Crippen LogP contribution in [0.2, 0.25) is 0 Å².